The third kappa shape index (κ3) is 5.80. The first kappa shape index (κ1) is 22.4. The van der Waals surface area contributed by atoms with Crippen LogP contribution in [0.5, 0.6) is 0 Å². The predicted octanol–water partition coefficient (Wildman–Crippen LogP) is 2.24. The molecule has 0 bridgehead atoms. The Balaban J connectivity index is 0.00000261. The van der Waals surface area contributed by atoms with E-state index in [1.54, 1.807) is 0 Å². The molecule has 2 unspecified atom stereocenters. The van der Waals surface area contributed by atoms with Gasteiger partial charge in [-0.3, -0.25) is 9.89 Å². The highest BCUT2D eigenvalue weighted by Gasteiger charge is 2.24. The average molecular weight is 491 g/mol. The van der Waals surface area contributed by atoms with E-state index in [4.69, 9.17) is 9.26 Å². The second kappa shape index (κ2) is 10.6. The first-order chi connectivity index (χ1) is 12.6. The Morgan fingerprint density at radius 3 is 2.59 bits per heavy atom. The van der Waals surface area contributed by atoms with Crippen molar-refractivity contribution in [2.45, 2.75) is 33.1 Å². The molecule has 0 amide bonds. The van der Waals surface area contributed by atoms with Gasteiger partial charge in [0, 0.05) is 64.4 Å². The van der Waals surface area contributed by atoms with Crippen molar-refractivity contribution in [3.63, 3.8) is 0 Å². The molecule has 0 aromatic carbocycles. The van der Waals surface area contributed by atoms with Crippen LogP contribution in [-0.4, -0.2) is 80.4 Å². The smallest absolute Gasteiger partial charge is 0.193 e. The Labute approximate surface area is 179 Å². The molecule has 1 N–H and O–H groups in total. The number of nitrogens with zero attached hydrogens (tertiary/aromatic N) is 4. The molecule has 8 heteroatoms. The molecule has 27 heavy (non-hydrogen) atoms. The summed E-state index contributed by atoms with van der Waals surface area (Å²) in [6.45, 7) is 14.3. The highest BCUT2D eigenvalue weighted by molar-refractivity contribution is 14.0. The van der Waals surface area contributed by atoms with Gasteiger partial charge < -0.3 is 19.5 Å². The molecule has 0 radical (unpaired) electrons. The van der Waals surface area contributed by atoms with E-state index in [9.17, 15) is 0 Å². The number of halogens is 1. The summed E-state index contributed by atoms with van der Waals surface area (Å²) in [5.41, 5.74) is 2.19. The van der Waals surface area contributed by atoms with E-state index in [2.05, 4.69) is 32.2 Å². The van der Waals surface area contributed by atoms with E-state index < -0.39 is 0 Å². The fourth-order valence-corrected chi connectivity index (χ4v) is 4.11. The molecule has 3 heterocycles. The molecule has 0 aliphatic carbocycles. The summed E-state index contributed by atoms with van der Waals surface area (Å²) < 4.78 is 10.8. The molecular formula is C19H34IN5O2. The topological polar surface area (TPSA) is 66.1 Å². The number of hydrogen-bond acceptors (Lipinski definition) is 5. The molecule has 2 fully saturated rings. The van der Waals surface area contributed by atoms with Gasteiger partial charge in [0.2, 0.25) is 0 Å². The second-order valence-corrected chi connectivity index (χ2v) is 7.58. The largest absolute Gasteiger partial charge is 0.381 e. The summed E-state index contributed by atoms with van der Waals surface area (Å²) in [7, 11) is 1.87. The van der Waals surface area contributed by atoms with Gasteiger partial charge in [0.15, 0.2) is 5.96 Å². The molecule has 0 spiro atoms. The van der Waals surface area contributed by atoms with Crippen LogP contribution < -0.4 is 5.32 Å². The minimum atomic E-state index is 0. The van der Waals surface area contributed by atoms with E-state index in [0.717, 1.165) is 69.3 Å². The third-order valence-corrected chi connectivity index (χ3v) is 5.57. The standard InChI is InChI=1S/C19H33N5O2.HI/c1-14(18-15(2)22-26-16(18)3)11-21-19(20-4)24-8-6-23(7-9-24)12-17-5-10-25-13-17;/h14,17H,5-13H2,1-4H3,(H,20,21);1H. The van der Waals surface area contributed by atoms with Crippen LogP contribution in [0.1, 0.15) is 36.3 Å². The normalized spacial score (nSPS) is 22.6. The van der Waals surface area contributed by atoms with Crippen molar-refractivity contribution in [3.05, 3.63) is 17.0 Å². The van der Waals surface area contributed by atoms with Gasteiger partial charge in [0.25, 0.3) is 0 Å². The van der Waals surface area contributed by atoms with E-state index in [-0.39, 0.29) is 24.0 Å². The summed E-state index contributed by atoms with van der Waals surface area (Å²) in [6, 6.07) is 0. The van der Waals surface area contributed by atoms with Crippen LogP contribution in [0.15, 0.2) is 9.52 Å². The van der Waals surface area contributed by atoms with Gasteiger partial charge in [-0.15, -0.1) is 24.0 Å². The van der Waals surface area contributed by atoms with Gasteiger partial charge in [0.1, 0.15) is 5.76 Å². The van der Waals surface area contributed by atoms with Crippen molar-refractivity contribution in [1.29, 1.82) is 0 Å². The van der Waals surface area contributed by atoms with E-state index in [0.29, 0.717) is 5.92 Å². The van der Waals surface area contributed by atoms with Crippen LogP contribution in [-0.2, 0) is 4.74 Å². The minimum Gasteiger partial charge on any atom is -0.381 e. The molecule has 154 valence electrons. The van der Waals surface area contributed by atoms with Crippen LogP contribution in [0, 0.1) is 19.8 Å². The van der Waals surface area contributed by atoms with Crippen LogP contribution in [0.3, 0.4) is 0 Å². The summed E-state index contributed by atoms with van der Waals surface area (Å²) >= 11 is 0. The summed E-state index contributed by atoms with van der Waals surface area (Å²) in [5.74, 6) is 2.96. The van der Waals surface area contributed by atoms with Gasteiger partial charge in [-0.05, 0) is 26.2 Å². The van der Waals surface area contributed by atoms with Gasteiger partial charge in [-0.1, -0.05) is 12.1 Å². The maximum Gasteiger partial charge on any atom is 0.193 e. The number of ether oxygens (including phenoxy) is 1. The molecule has 3 rings (SSSR count). The van der Waals surface area contributed by atoms with Gasteiger partial charge in [-0.2, -0.15) is 0 Å². The maximum absolute atomic E-state index is 5.50. The summed E-state index contributed by atoms with van der Waals surface area (Å²) in [5, 5.41) is 7.60. The van der Waals surface area contributed by atoms with Crippen molar-refractivity contribution in [2.75, 3.05) is 59.5 Å². The Hall–Kier alpha value is -0.870. The van der Waals surface area contributed by atoms with E-state index in [1.807, 2.05) is 20.9 Å². The fourth-order valence-electron chi connectivity index (χ4n) is 4.11. The maximum atomic E-state index is 5.50. The monoisotopic (exact) mass is 491 g/mol. The number of aromatic nitrogens is 1. The quantitative estimate of drug-likeness (QED) is 0.387. The molecule has 1 aromatic heterocycles. The van der Waals surface area contributed by atoms with Crippen LogP contribution >= 0.6 is 24.0 Å². The molecule has 0 saturated carbocycles. The van der Waals surface area contributed by atoms with Crippen molar-refractivity contribution in [1.82, 2.24) is 20.3 Å². The number of piperazine rings is 1. The highest BCUT2D eigenvalue weighted by atomic mass is 127. The zero-order valence-electron chi connectivity index (χ0n) is 17.0. The number of hydrogen-bond donors (Lipinski definition) is 1. The molecule has 2 saturated heterocycles. The Bertz CT molecular complexity index is 588. The van der Waals surface area contributed by atoms with Gasteiger partial charge in [-0.25, -0.2) is 0 Å². The second-order valence-electron chi connectivity index (χ2n) is 7.58. The molecule has 2 aliphatic heterocycles. The zero-order chi connectivity index (χ0) is 18.5. The van der Waals surface area contributed by atoms with Gasteiger partial charge >= 0.3 is 0 Å². The van der Waals surface area contributed by atoms with Crippen molar-refractivity contribution in [3.8, 4) is 0 Å². The minimum absolute atomic E-state index is 0. The van der Waals surface area contributed by atoms with Crippen molar-refractivity contribution in [2.24, 2.45) is 10.9 Å². The van der Waals surface area contributed by atoms with Crippen LogP contribution in [0.25, 0.3) is 0 Å². The Kier molecular flexibility index (Phi) is 8.81. The lowest BCUT2D eigenvalue weighted by Crippen LogP contribution is -2.53. The lowest BCUT2D eigenvalue weighted by atomic mass is 10.00. The SMILES string of the molecule is CN=C(NCC(C)c1c(C)noc1C)N1CCN(CC2CCOC2)CC1.I. The summed E-state index contributed by atoms with van der Waals surface area (Å²) in [6.07, 6.45) is 1.21. The Morgan fingerprint density at radius 1 is 1.30 bits per heavy atom. The van der Waals surface area contributed by atoms with E-state index in [1.165, 1.54) is 18.5 Å². The number of nitrogens with one attached hydrogen (secondary N) is 1. The number of rotatable bonds is 5. The average Bonchev–Trinajstić information content (AvgIpc) is 3.26. The highest BCUT2D eigenvalue weighted by Crippen LogP contribution is 2.22. The summed E-state index contributed by atoms with van der Waals surface area (Å²) in [4.78, 5) is 9.42. The molecule has 7 nitrogen and oxygen atoms in total. The lowest BCUT2D eigenvalue weighted by molar-refractivity contribution is 0.139. The molecular weight excluding hydrogens is 457 g/mol. The Morgan fingerprint density at radius 2 is 2.04 bits per heavy atom. The molecule has 1 aromatic rings. The van der Waals surface area contributed by atoms with Crippen molar-refractivity contribution >= 4 is 29.9 Å². The number of guanidine groups is 1. The lowest BCUT2D eigenvalue weighted by Gasteiger charge is -2.37. The number of aliphatic imine (C=N–C) groups is 1. The fraction of sp³-hybridized carbons (Fsp3) is 0.789. The van der Waals surface area contributed by atoms with E-state index >= 15 is 0 Å². The predicted molar refractivity (Wildman–Crippen MR) is 118 cm³/mol. The molecule has 2 atom stereocenters. The first-order valence-corrected chi connectivity index (χ1v) is 9.77. The molecule has 2 aliphatic rings. The first-order valence-electron chi connectivity index (χ1n) is 9.77. The third-order valence-electron chi connectivity index (χ3n) is 5.57. The van der Waals surface area contributed by atoms with Gasteiger partial charge in [0.05, 0.1) is 12.3 Å². The zero-order valence-corrected chi connectivity index (χ0v) is 19.4. The number of aryl methyl sites for hydroxylation is 2. The van der Waals surface area contributed by atoms with Crippen molar-refractivity contribution < 1.29 is 9.26 Å². The van der Waals surface area contributed by atoms with Crippen LogP contribution in [0.4, 0.5) is 0 Å². The van der Waals surface area contributed by atoms with Crippen LogP contribution in [0.2, 0.25) is 0 Å².